The van der Waals surface area contributed by atoms with Crippen LogP contribution in [0.3, 0.4) is 0 Å². The highest BCUT2D eigenvalue weighted by Crippen LogP contribution is 2.15. The van der Waals surface area contributed by atoms with E-state index in [0.29, 0.717) is 6.54 Å². The van der Waals surface area contributed by atoms with Gasteiger partial charge in [-0.1, -0.05) is 6.07 Å². The number of hydrogen-bond donors (Lipinski definition) is 2. The zero-order valence-corrected chi connectivity index (χ0v) is 7.05. The van der Waals surface area contributed by atoms with Crippen LogP contribution < -0.4 is 11.5 Å². The molecule has 0 aliphatic heterocycles. The predicted molar refractivity (Wildman–Crippen MR) is 47.1 cm³/mol. The number of hydrogen-bond acceptors (Lipinski definition) is 2. The highest BCUT2D eigenvalue weighted by molar-refractivity contribution is 5.29. The van der Waals surface area contributed by atoms with E-state index in [1.807, 2.05) is 6.92 Å². The molecule has 0 heterocycles. The molecule has 1 rings (SSSR count). The van der Waals surface area contributed by atoms with E-state index < -0.39 is 0 Å². The van der Waals surface area contributed by atoms with E-state index in [-0.39, 0.29) is 11.9 Å². The van der Waals surface area contributed by atoms with Crippen molar-refractivity contribution in [2.75, 3.05) is 6.54 Å². The smallest absolute Gasteiger partial charge is 0.123 e. The fourth-order valence-electron chi connectivity index (χ4n) is 1.18. The molecule has 1 aromatic carbocycles. The highest BCUT2D eigenvalue weighted by atomic mass is 19.1. The standard InChI is InChI=1S/C9H13FN2/c1-6-4-7(10)2-3-8(6)9(12)5-11/h2-4,9H,5,11-12H2,1H3/t9-/m1/s1. The number of nitrogens with two attached hydrogens (primary N) is 2. The summed E-state index contributed by atoms with van der Waals surface area (Å²) in [7, 11) is 0. The van der Waals surface area contributed by atoms with Crippen molar-refractivity contribution < 1.29 is 4.39 Å². The Morgan fingerprint density at radius 1 is 1.50 bits per heavy atom. The van der Waals surface area contributed by atoms with Crippen molar-refractivity contribution >= 4 is 0 Å². The molecule has 1 atom stereocenters. The minimum atomic E-state index is -0.236. The van der Waals surface area contributed by atoms with Crippen molar-refractivity contribution in [2.45, 2.75) is 13.0 Å². The van der Waals surface area contributed by atoms with Crippen LogP contribution in [0, 0.1) is 12.7 Å². The molecule has 0 amide bonds. The van der Waals surface area contributed by atoms with Gasteiger partial charge in [0, 0.05) is 12.6 Å². The molecule has 0 aliphatic rings. The lowest BCUT2D eigenvalue weighted by atomic mass is 10.0. The maximum Gasteiger partial charge on any atom is 0.123 e. The predicted octanol–water partition coefficient (Wildman–Crippen LogP) is 1.09. The quantitative estimate of drug-likeness (QED) is 0.694. The highest BCUT2D eigenvalue weighted by Gasteiger charge is 2.06. The zero-order chi connectivity index (χ0) is 9.14. The van der Waals surface area contributed by atoms with Crippen molar-refractivity contribution in [2.24, 2.45) is 11.5 Å². The topological polar surface area (TPSA) is 52.0 Å². The van der Waals surface area contributed by atoms with Gasteiger partial charge in [0.25, 0.3) is 0 Å². The molecule has 0 aromatic heterocycles. The number of aryl methyl sites for hydroxylation is 1. The van der Waals surface area contributed by atoms with Crippen LogP contribution in [0.2, 0.25) is 0 Å². The van der Waals surface area contributed by atoms with Crippen LogP contribution in [-0.4, -0.2) is 6.54 Å². The monoisotopic (exact) mass is 168 g/mol. The van der Waals surface area contributed by atoms with Crippen molar-refractivity contribution in [1.82, 2.24) is 0 Å². The fourth-order valence-corrected chi connectivity index (χ4v) is 1.18. The maximum atomic E-state index is 12.6. The first-order chi connectivity index (χ1) is 5.65. The van der Waals surface area contributed by atoms with Gasteiger partial charge < -0.3 is 11.5 Å². The number of rotatable bonds is 2. The van der Waals surface area contributed by atoms with Gasteiger partial charge in [-0.2, -0.15) is 0 Å². The lowest BCUT2D eigenvalue weighted by Crippen LogP contribution is -2.21. The summed E-state index contributed by atoms with van der Waals surface area (Å²) in [5, 5.41) is 0. The number of halogens is 1. The number of benzene rings is 1. The molecule has 4 N–H and O–H groups in total. The summed E-state index contributed by atoms with van der Waals surface area (Å²) in [5.41, 5.74) is 12.9. The third kappa shape index (κ3) is 1.81. The van der Waals surface area contributed by atoms with E-state index in [1.165, 1.54) is 12.1 Å². The molecule has 0 bridgehead atoms. The van der Waals surface area contributed by atoms with Crippen LogP contribution in [0.5, 0.6) is 0 Å². The Morgan fingerprint density at radius 2 is 2.17 bits per heavy atom. The Kier molecular flexibility index (Phi) is 2.78. The van der Waals surface area contributed by atoms with E-state index in [4.69, 9.17) is 11.5 Å². The van der Waals surface area contributed by atoms with Crippen LogP contribution in [-0.2, 0) is 0 Å². The van der Waals surface area contributed by atoms with Gasteiger partial charge in [0.15, 0.2) is 0 Å². The molecule has 12 heavy (non-hydrogen) atoms. The third-order valence-electron chi connectivity index (χ3n) is 1.89. The van der Waals surface area contributed by atoms with Crippen LogP contribution >= 0.6 is 0 Å². The van der Waals surface area contributed by atoms with Crippen LogP contribution in [0.4, 0.5) is 4.39 Å². The second-order valence-electron chi connectivity index (χ2n) is 2.84. The molecule has 0 fully saturated rings. The minimum absolute atomic E-state index is 0.189. The van der Waals surface area contributed by atoms with E-state index in [0.717, 1.165) is 11.1 Å². The normalized spacial score (nSPS) is 13.0. The molecule has 0 spiro atoms. The van der Waals surface area contributed by atoms with Gasteiger partial charge >= 0.3 is 0 Å². The Labute approximate surface area is 71.4 Å². The second kappa shape index (κ2) is 3.65. The van der Waals surface area contributed by atoms with E-state index in [1.54, 1.807) is 6.07 Å². The largest absolute Gasteiger partial charge is 0.329 e. The first-order valence-electron chi connectivity index (χ1n) is 3.87. The molecule has 0 saturated heterocycles. The van der Waals surface area contributed by atoms with E-state index in [2.05, 4.69) is 0 Å². The molecule has 0 saturated carbocycles. The first-order valence-corrected chi connectivity index (χ1v) is 3.87. The van der Waals surface area contributed by atoms with Gasteiger partial charge in [-0.05, 0) is 30.2 Å². The molecule has 1 aromatic rings. The van der Waals surface area contributed by atoms with E-state index >= 15 is 0 Å². The van der Waals surface area contributed by atoms with Crippen molar-refractivity contribution in [3.05, 3.63) is 35.1 Å². The summed E-state index contributed by atoms with van der Waals surface area (Å²) in [6.45, 7) is 2.21. The van der Waals surface area contributed by atoms with Crippen molar-refractivity contribution in [1.29, 1.82) is 0 Å². The van der Waals surface area contributed by atoms with Gasteiger partial charge in [-0.3, -0.25) is 0 Å². The minimum Gasteiger partial charge on any atom is -0.329 e. The summed E-state index contributed by atoms with van der Waals surface area (Å²) in [4.78, 5) is 0. The zero-order valence-electron chi connectivity index (χ0n) is 7.05. The Bertz CT molecular complexity index is 273. The molecule has 0 unspecified atom stereocenters. The lowest BCUT2D eigenvalue weighted by Gasteiger charge is -2.11. The van der Waals surface area contributed by atoms with Gasteiger partial charge in [-0.15, -0.1) is 0 Å². The average Bonchev–Trinajstić information content (AvgIpc) is 2.03. The van der Waals surface area contributed by atoms with Gasteiger partial charge in [0.2, 0.25) is 0 Å². The van der Waals surface area contributed by atoms with E-state index in [9.17, 15) is 4.39 Å². The molecular weight excluding hydrogens is 155 g/mol. The summed E-state index contributed by atoms with van der Waals surface area (Å²) in [6, 6.07) is 4.36. The van der Waals surface area contributed by atoms with Gasteiger partial charge in [0.1, 0.15) is 5.82 Å². The molecular formula is C9H13FN2. The van der Waals surface area contributed by atoms with Crippen LogP contribution in [0.15, 0.2) is 18.2 Å². The summed E-state index contributed by atoms with van der Waals surface area (Å²) >= 11 is 0. The van der Waals surface area contributed by atoms with Crippen LogP contribution in [0.25, 0.3) is 0 Å². The Hall–Kier alpha value is -0.930. The van der Waals surface area contributed by atoms with Crippen LogP contribution in [0.1, 0.15) is 17.2 Å². The summed E-state index contributed by atoms with van der Waals surface area (Å²) in [6.07, 6.45) is 0. The molecule has 0 aliphatic carbocycles. The molecule has 3 heteroatoms. The molecule has 2 nitrogen and oxygen atoms in total. The fraction of sp³-hybridized carbons (Fsp3) is 0.333. The molecule has 0 radical (unpaired) electrons. The first kappa shape index (κ1) is 9.16. The van der Waals surface area contributed by atoms with Gasteiger partial charge in [-0.25, -0.2) is 4.39 Å². The summed E-state index contributed by atoms with van der Waals surface area (Å²) < 4.78 is 12.6. The SMILES string of the molecule is Cc1cc(F)ccc1[C@H](N)CN. The lowest BCUT2D eigenvalue weighted by molar-refractivity contribution is 0.623. The summed E-state index contributed by atoms with van der Waals surface area (Å²) in [5.74, 6) is -0.236. The third-order valence-corrected chi connectivity index (χ3v) is 1.89. The maximum absolute atomic E-state index is 12.6. The van der Waals surface area contributed by atoms with Crippen molar-refractivity contribution in [3.8, 4) is 0 Å². The van der Waals surface area contributed by atoms with Gasteiger partial charge in [0.05, 0.1) is 0 Å². The average molecular weight is 168 g/mol. The molecule has 66 valence electrons. The second-order valence-corrected chi connectivity index (χ2v) is 2.84. The van der Waals surface area contributed by atoms with Crippen molar-refractivity contribution in [3.63, 3.8) is 0 Å². The Balaban J connectivity index is 3.01. The Morgan fingerprint density at radius 3 is 2.67 bits per heavy atom.